The van der Waals surface area contributed by atoms with E-state index in [1.807, 2.05) is 6.07 Å². The molecule has 1 aromatic heterocycles. The third kappa shape index (κ3) is 2.83. The summed E-state index contributed by atoms with van der Waals surface area (Å²) in [5, 5.41) is 18.2. The van der Waals surface area contributed by atoms with Crippen molar-refractivity contribution >= 4 is 5.91 Å². The minimum absolute atomic E-state index is 0.186. The van der Waals surface area contributed by atoms with E-state index in [2.05, 4.69) is 15.5 Å². The minimum atomic E-state index is -0.234. The molecule has 1 amide bonds. The maximum absolute atomic E-state index is 11.4. The van der Waals surface area contributed by atoms with Crippen LogP contribution in [0.1, 0.15) is 17.3 Å². The molecular weight excluding hydrogens is 180 g/mol. The number of nitriles is 1. The van der Waals surface area contributed by atoms with Gasteiger partial charge in [0.25, 0.3) is 5.91 Å². The summed E-state index contributed by atoms with van der Waals surface area (Å²) in [6.07, 6.45) is 2.83. The maximum atomic E-state index is 11.4. The van der Waals surface area contributed by atoms with E-state index in [9.17, 15) is 4.79 Å². The number of rotatable bonds is 3. The van der Waals surface area contributed by atoms with Crippen molar-refractivity contribution < 1.29 is 4.79 Å². The fourth-order valence-electron chi connectivity index (χ4n) is 0.819. The Labute approximate surface area is 81.8 Å². The zero-order valence-electron chi connectivity index (χ0n) is 7.77. The van der Waals surface area contributed by atoms with Crippen LogP contribution in [0.2, 0.25) is 0 Å². The van der Waals surface area contributed by atoms with Gasteiger partial charge in [0.05, 0.1) is 29.9 Å². The molecule has 0 aliphatic carbocycles. The summed E-state index contributed by atoms with van der Waals surface area (Å²) in [5.41, 5.74) is 0.449. The van der Waals surface area contributed by atoms with Gasteiger partial charge in [-0.15, -0.1) is 0 Å². The summed E-state index contributed by atoms with van der Waals surface area (Å²) >= 11 is 0. The average molecular weight is 190 g/mol. The van der Waals surface area contributed by atoms with E-state index in [4.69, 9.17) is 5.26 Å². The molecule has 72 valence electrons. The first-order valence-corrected chi connectivity index (χ1v) is 4.18. The molecule has 1 heterocycles. The number of carbonyl (C=O) groups is 1. The molecule has 0 aromatic carbocycles. The van der Waals surface area contributed by atoms with Crippen LogP contribution in [-0.4, -0.2) is 22.6 Å². The zero-order chi connectivity index (χ0) is 10.4. The van der Waals surface area contributed by atoms with Crippen LogP contribution < -0.4 is 5.32 Å². The van der Waals surface area contributed by atoms with Crippen LogP contribution in [0.4, 0.5) is 0 Å². The van der Waals surface area contributed by atoms with Crippen molar-refractivity contribution in [3.05, 3.63) is 24.0 Å². The van der Waals surface area contributed by atoms with Crippen LogP contribution in [0.5, 0.6) is 0 Å². The molecule has 0 spiro atoms. The van der Waals surface area contributed by atoms with Crippen molar-refractivity contribution in [2.24, 2.45) is 5.92 Å². The van der Waals surface area contributed by atoms with Crippen LogP contribution in [-0.2, 0) is 0 Å². The lowest BCUT2D eigenvalue weighted by Crippen LogP contribution is -2.27. The van der Waals surface area contributed by atoms with E-state index in [0.717, 1.165) is 0 Å². The van der Waals surface area contributed by atoms with Crippen LogP contribution >= 0.6 is 0 Å². The highest BCUT2D eigenvalue weighted by Gasteiger charge is 2.06. The van der Waals surface area contributed by atoms with E-state index in [-0.39, 0.29) is 11.8 Å². The van der Waals surface area contributed by atoms with Gasteiger partial charge in [0, 0.05) is 6.54 Å². The van der Waals surface area contributed by atoms with Crippen LogP contribution in [0.15, 0.2) is 18.5 Å². The Bertz CT molecular complexity index is 344. The molecule has 1 N–H and O–H groups in total. The molecule has 0 radical (unpaired) electrons. The molecule has 1 unspecified atom stereocenters. The SMILES string of the molecule is CC(C#N)CNC(=O)c1ccnnc1. The lowest BCUT2D eigenvalue weighted by Gasteiger charge is -2.04. The topological polar surface area (TPSA) is 78.7 Å². The van der Waals surface area contributed by atoms with Crippen molar-refractivity contribution in [2.45, 2.75) is 6.92 Å². The molecule has 0 aliphatic heterocycles. The third-order valence-electron chi connectivity index (χ3n) is 1.64. The van der Waals surface area contributed by atoms with Crippen molar-refractivity contribution in [3.8, 4) is 6.07 Å². The molecule has 0 saturated heterocycles. The number of nitrogens with zero attached hydrogens (tertiary/aromatic N) is 3. The predicted molar refractivity (Wildman–Crippen MR) is 49.1 cm³/mol. The predicted octanol–water partition coefficient (Wildman–Crippen LogP) is 0.366. The highest BCUT2D eigenvalue weighted by Crippen LogP contribution is 1.94. The zero-order valence-corrected chi connectivity index (χ0v) is 7.77. The molecule has 14 heavy (non-hydrogen) atoms. The highest BCUT2D eigenvalue weighted by molar-refractivity contribution is 5.93. The van der Waals surface area contributed by atoms with Gasteiger partial charge in [0.1, 0.15) is 0 Å². The monoisotopic (exact) mass is 190 g/mol. The summed E-state index contributed by atoms with van der Waals surface area (Å²) < 4.78 is 0. The molecule has 1 atom stereocenters. The van der Waals surface area contributed by atoms with Gasteiger partial charge in [-0.05, 0) is 13.0 Å². The van der Waals surface area contributed by atoms with Crippen molar-refractivity contribution in [2.75, 3.05) is 6.54 Å². The van der Waals surface area contributed by atoms with Crippen LogP contribution in [0.3, 0.4) is 0 Å². The normalized spacial score (nSPS) is 11.4. The van der Waals surface area contributed by atoms with Crippen LogP contribution in [0.25, 0.3) is 0 Å². The first-order chi connectivity index (χ1) is 6.74. The maximum Gasteiger partial charge on any atom is 0.253 e. The standard InChI is InChI=1S/C9H10N4O/c1-7(4-10)5-11-9(14)8-2-3-12-13-6-8/h2-3,6-7H,5H2,1H3,(H,11,14). The fourth-order valence-corrected chi connectivity index (χ4v) is 0.819. The Balaban J connectivity index is 2.49. The molecule has 0 saturated carbocycles. The van der Waals surface area contributed by atoms with Crippen molar-refractivity contribution in [1.82, 2.24) is 15.5 Å². The Morgan fingerprint density at radius 2 is 2.50 bits per heavy atom. The molecule has 1 rings (SSSR count). The van der Waals surface area contributed by atoms with E-state index >= 15 is 0 Å². The molecular formula is C9H10N4O. The summed E-state index contributed by atoms with van der Waals surface area (Å²) in [6, 6.07) is 3.60. The van der Waals surface area contributed by atoms with Gasteiger partial charge in [-0.25, -0.2) is 0 Å². The van der Waals surface area contributed by atoms with Gasteiger partial charge >= 0.3 is 0 Å². The number of hydrogen-bond acceptors (Lipinski definition) is 4. The van der Waals surface area contributed by atoms with Crippen LogP contribution in [0, 0.1) is 17.2 Å². The summed E-state index contributed by atoms with van der Waals surface area (Å²) in [6.45, 7) is 2.09. The number of hydrogen-bond donors (Lipinski definition) is 1. The van der Waals surface area contributed by atoms with Gasteiger partial charge in [-0.3, -0.25) is 4.79 Å². The highest BCUT2D eigenvalue weighted by atomic mass is 16.1. The smallest absolute Gasteiger partial charge is 0.253 e. The molecule has 0 bridgehead atoms. The van der Waals surface area contributed by atoms with Gasteiger partial charge in [-0.2, -0.15) is 15.5 Å². The van der Waals surface area contributed by atoms with E-state index < -0.39 is 0 Å². The van der Waals surface area contributed by atoms with E-state index in [0.29, 0.717) is 12.1 Å². The van der Waals surface area contributed by atoms with Gasteiger partial charge in [0.15, 0.2) is 0 Å². The van der Waals surface area contributed by atoms with Gasteiger partial charge in [-0.1, -0.05) is 0 Å². The molecule has 0 aliphatic rings. The Morgan fingerprint density at radius 3 is 3.07 bits per heavy atom. The minimum Gasteiger partial charge on any atom is -0.351 e. The lowest BCUT2D eigenvalue weighted by molar-refractivity contribution is 0.0950. The first-order valence-electron chi connectivity index (χ1n) is 4.18. The second kappa shape index (κ2) is 4.92. The summed E-state index contributed by atoms with van der Waals surface area (Å²) in [7, 11) is 0. The Hall–Kier alpha value is -1.96. The lowest BCUT2D eigenvalue weighted by atomic mass is 10.2. The largest absolute Gasteiger partial charge is 0.351 e. The van der Waals surface area contributed by atoms with Crippen molar-refractivity contribution in [1.29, 1.82) is 5.26 Å². The average Bonchev–Trinajstić information content (AvgIpc) is 2.26. The Morgan fingerprint density at radius 1 is 1.71 bits per heavy atom. The van der Waals surface area contributed by atoms with Gasteiger partial charge < -0.3 is 5.32 Å². The molecule has 0 fully saturated rings. The number of carbonyl (C=O) groups excluding carboxylic acids is 1. The van der Waals surface area contributed by atoms with E-state index in [1.54, 1.807) is 13.0 Å². The third-order valence-corrected chi connectivity index (χ3v) is 1.64. The van der Waals surface area contributed by atoms with E-state index in [1.165, 1.54) is 12.4 Å². The second-order valence-electron chi connectivity index (χ2n) is 2.87. The molecule has 5 nitrogen and oxygen atoms in total. The number of amides is 1. The summed E-state index contributed by atoms with van der Waals surface area (Å²) in [5.74, 6) is -0.421. The molecule has 1 aromatic rings. The van der Waals surface area contributed by atoms with Gasteiger partial charge in [0.2, 0.25) is 0 Å². The fraction of sp³-hybridized carbons (Fsp3) is 0.333. The summed E-state index contributed by atoms with van der Waals surface area (Å²) in [4.78, 5) is 11.4. The second-order valence-corrected chi connectivity index (χ2v) is 2.87. The number of aromatic nitrogens is 2. The Kier molecular flexibility index (Phi) is 3.56. The quantitative estimate of drug-likeness (QED) is 0.746. The molecule has 5 heteroatoms. The first kappa shape index (κ1) is 10.1. The van der Waals surface area contributed by atoms with Crippen molar-refractivity contribution in [3.63, 3.8) is 0 Å². The number of nitrogens with one attached hydrogen (secondary N) is 1.